The number of likely N-dealkylation sites (tertiary alicyclic amines) is 1. The van der Waals surface area contributed by atoms with Crippen molar-refractivity contribution in [2.45, 2.75) is 50.8 Å². The zero-order valence-electron chi connectivity index (χ0n) is 14.6. The molecule has 1 aliphatic carbocycles. The number of nitrogens with zero attached hydrogens (tertiary/aromatic N) is 1. The predicted octanol–water partition coefficient (Wildman–Crippen LogP) is 2.16. The van der Waals surface area contributed by atoms with Gasteiger partial charge in [0, 0.05) is 12.6 Å². The first-order valence-corrected chi connectivity index (χ1v) is 9.05. The molecular weight excluding hydrogens is 336 g/mol. The average molecular weight is 360 g/mol. The van der Waals surface area contributed by atoms with Crippen LogP contribution in [-0.4, -0.2) is 46.6 Å². The molecule has 1 aromatic carbocycles. The van der Waals surface area contributed by atoms with Crippen LogP contribution in [0.25, 0.3) is 0 Å². The van der Waals surface area contributed by atoms with Crippen LogP contribution in [0.1, 0.15) is 37.7 Å². The van der Waals surface area contributed by atoms with Gasteiger partial charge >= 0.3 is 12.1 Å². The van der Waals surface area contributed by atoms with Gasteiger partial charge in [0.2, 0.25) is 5.91 Å². The van der Waals surface area contributed by atoms with E-state index in [0.29, 0.717) is 25.8 Å². The number of carbonyl (C=O) groups is 3. The number of hydrogen-bond acceptors (Lipinski definition) is 4. The number of carboxylic acids is 1. The number of nitrogens with one attached hydrogen (secondary N) is 1. The van der Waals surface area contributed by atoms with Crippen LogP contribution >= 0.6 is 0 Å². The minimum absolute atomic E-state index is 0.0514. The lowest BCUT2D eigenvalue weighted by molar-refractivity contribution is -0.145. The van der Waals surface area contributed by atoms with Crippen LogP contribution in [0.5, 0.6) is 0 Å². The van der Waals surface area contributed by atoms with Gasteiger partial charge in [-0.3, -0.25) is 9.59 Å². The van der Waals surface area contributed by atoms with Gasteiger partial charge < -0.3 is 20.1 Å². The zero-order valence-corrected chi connectivity index (χ0v) is 14.6. The molecule has 2 amide bonds. The molecule has 2 N–H and O–H groups in total. The highest BCUT2D eigenvalue weighted by atomic mass is 16.5. The van der Waals surface area contributed by atoms with Crippen molar-refractivity contribution < 1.29 is 24.2 Å². The monoisotopic (exact) mass is 360 g/mol. The Bertz CT molecular complexity index is 663. The van der Waals surface area contributed by atoms with E-state index in [9.17, 15) is 19.5 Å². The van der Waals surface area contributed by atoms with Gasteiger partial charge in [-0.05, 0) is 31.2 Å². The predicted molar refractivity (Wildman–Crippen MR) is 93.3 cm³/mol. The van der Waals surface area contributed by atoms with Gasteiger partial charge in [0.15, 0.2) is 0 Å². The summed E-state index contributed by atoms with van der Waals surface area (Å²) in [4.78, 5) is 37.5. The Morgan fingerprint density at radius 1 is 1.19 bits per heavy atom. The van der Waals surface area contributed by atoms with Crippen molar-refractivity contribution in [2.24, 2.45) is 5.92 Å². The van der Waals surface area contributed by atoms with E-state index in [0.717, 1.165) is 18.4 Å². The first-order chi connectivity index (χ1) is 12.5. The summed E-state index contributed by atoms with van der Waals surface area (Å²) in [5.41, 5.74) is 0.879. The normalized spacial score (nSPS) is 25.8. The lowest BCUT2D eigenvalue weighted by Crippen LogP contribution is -2.46. The SMILES string of the molecule is O=C(N[C@H]1CCN([C@@H]2CCC[C@H](C(=O)O)C2)C1=O)OCc1ccccc1. The summed E-state index contributed by atoms with van der Waals surface area (Å²) >= 11 is 0. The molecule has 0 bridgehead atoms. The van der Waals surface area contributed by atoms with Crippen molar-refractivity contribution in [1.82, 2.24) is 10.2 Å². The number of benzene rings is 1. The van der Waals surface area contributed by atoms with Crippen molar-refractivity contribution >= 4 is 18.0 Å². The maximum absolute atomic E-state index is 12.6. The van der Waals surface area contributed by atoms with Crippen molar-refractivity contribution in [3.05, 3.63) is 35.9 Å². The summed E-state index contributed by atoms with van der Waals surface area (Å²) in [7, 11) is 0. The summed E-state index contributed by atoms with van der Waals surface area (Å²) in [5.74, 6) is -1.32. The van der Waals surface area contributed by atoms with Crippen LogP contribution in [0.15, 0.2) is 30.3 Å². The van der Waals surface area contributed by atoms with Gasteiger partial charge in [-0.25, -0.2) is 4.79 Å². The van der Waals surface area contributed by atoms with E-state index < -0.39 is 18.1 Å². The number of amides is 2. The second-order valence-electron chi connectivity index (χ2n) is 6.93. The summed E-state index contributed by atoms with van der Waals surface area (Å²) in [6.45, 7) is 0.694. The van der Waals surface area contributed by atoms with E-state index in [1.165, 1.54) is 0 Å². The molecule has 0 aromatic heterocycles. The number of hydrogen-bond donors (Lipinski definition) is 2. The quantitative estimate of drug-likeness (QED) is 0.839. The van der Waals surface area contributed by atoms with E-state index in [-0.39, 0.29) is 24.5 Å². The second kappa shape index (κ2) is 8.21. The third kappa shape index (κ3) is 4.33. The topological polar surface area (TPSA) is 95.9 Å². The van der Waals surface area contributed by atoms with Gasteiger partial charge in [-0.1, -0.05) is 36.8 Å². The van der Waals surface area contributed by atoms with Gasteiger partial charge in [0.25, 0.3) is 0 Å². The Kier molecular flexibility index (Phi) is 5.75. The fourth-order valence-electron chi connectivity index (χ4n) is 3.78. The largest absolute Gasteiger partial charge is 0.481 e. The third-order valence-corrected chi connectivity index (χ3v) is 5.18. The molecule has 3 rings (SSSR count). The zero-order chi connectivity index (χ0) is 18.5. The van der Waals surface area contributed by atoms with Gasteiger partial charge in [0.05, 0.1) is 5.92 Å². The Hall–Kier alpha value is -2.57. The molecule has 1 aliphatic heterocycles. The lowest BCUT2D eigenvalue weighted by atomic mass is 9.85. The number of carbonyl (C=O) groups excluding carboxylic acids is 2. The minimum Gasteiger partial charge on any atom is -0.481 e. The highest BCUT2D eigenvalue weighted by Gasteiger charge is 2.39. The van der Waals surface area contributed by atoms with Crippen LogP contribution in [0.4, 0.5) is 4.79 Å². The van der Waals surface area contributed by atoms with Crippen LogP contribution in [-0.2, 0) is 20.9 Å². The first kappa shape index (κ1) is 18.2. The molecule has 26 heavy (non-hydrogen) atoms. The van der Waals surface area contributed by atoms with Gasteiger partial charge in [-0.2, -0.15) is 0 Å². The van der Waals surface area contributed by atoms with Gasteiger partial charge in [0.1, 0.15) is 12.6 Å². The molecule has 2 fully saturated rings. The molecule has 3 atom stereocenters. The molecule has 0 radical (unpaired) electrons. The molecule has 0 unspecified atom stereocenters. The van der Waals surface area contributed by atoms with E-state index in [1.54, 1.807) is 4.90 Å². The molecule has 1 saturated heterocycles. The molecule has 2 aliphatic rings. The standard InChI is InChI=1S/C19H24N2O5/c22-17-16(20-19(25)26-12-13-5-2-1-3-6-13)9-10-21(17)15-8-4-7-14(11-15)18(23)24/h1-3,5-6,14-16H,4,7-12H2,(H,20,25)(H,23,24)/t14-,15+,16-/m0/s1. The summed E-state index contributed by atoms with van der Waals surface area (Å²) in [6.07, 6.45) is 2.70. The maximum atomic E-state index is 12.6. The van der Waals surface area contributed by atoms with E-state index in [4.69, 9.17) is 4.74 Å². The first-order valence-electron chi connectivity index (χ1n) is 9.05. The lowest BCUT2D eigenvalue weighted by Gasteiger charge is -2.34. The fourth-order valence-corrected chi connectivity index (χ4v) is 3.78. The Morgan fingerprint density at radius 2 is 1.96 bits per heavy atom. The molecule has 1 saturated carbocycles. The highest BCUT2D eigenvalue weighted by Crippen LogP contribution is 2.30. The Labute approximate surface area is 152 Å². The van der Waals surface area contributed by atoms with Gasteiger partial charge in [-0.15, -0.1) is 0 Å². The highest BCUT2D eigenvalue weighted by molar-refractivity contribution is 5.87. The molecule has 0 spiro atoms. The molecule has 7 nitrogen and oxygen atoms in total. The Balaban J connectivity index is 1.49. The molecule has 140 valence electrons. The Morgan fingerprint density at radius 3 is 2.69 bits per heavy atom. The minimum atomic E-state index is -0.791. The molecule has 7 heteroatoms. The van der Waals surface area contributed by atoms with Crippen LogP contribution < -0.4 is 5.32 Å². The molecular formula is C19H24N2O5. The smallest absolute Gasteiger partial charge is 0.408 e. The second-order valence-corrected chi connectivity index (χ2v) is 6.93. The molecule has 1 aromatic rings. The van der Waals surface area contributed by atoms with Crippen molar-refractivity contribution in [1.29, 1.82) is 0 Å². The number of rotatable bonds is 5. The summed E-state index contributed by atoms with van der Waals surface area (Å²) < 4.78 is 5.17. The number of ether oxygens (including phenoxy) is 1. The fraction of sp³-hybridized carbons (Fsp3) is 0.526. The summed E-state index contributed by atoms with van der Waals surface area (Å²) in [6, 6.07) is 8.69. The number of carboxylic acid groups (broad SMARTS) is 1. The van der Waals surface area contributed by atoms with E-state index in [1.807, 2.05) is 30.3 Å². The van der Waals surface area contributed by atoms with Crippen LogP contribution in [0.2, 0.25) is 0 Å². The van der Waals surface area contributed by atoms with Crippen LogP contribution in [0.3, 0.4) is 0 Å². The van der Waals surface area contributed by atoms with Crippen molar-refractivity contribution in [3.8, 4) is 0 Å². The number of aliphatic carboxylic acids is 1. The summed E-state index contributed by atoms with van der Waals surface area (Å²) in [5, 5.41) is 11.8. The van der Waals surface area contributed by atoms with Crippen LogP contribution in [0, 0.1) is 5.92 Å². The third-order valence-electron chi connectivity index (χ3n) is 5.18. The van der Waals surface area contributed by atoms with E-state index >= 15 is 0 Å². The van der Waals surface area contributed by atoms with Crippen molar-refractivity contribution in [3.63, 3.8) is 0 Å². The molecule has 1 heterocycles. The average Bonchev–Trinajstić information content (AvgIpc) is 3.01. The van der Waals surface area contributed by atoms with Crippen molar-refractivity contribution in [2.75, 3.05) is 6.54 Å². The maximum Gasteiger partial charge on any atom is 0.408 e. The van der Waals surface area contributed by atoms with E-state index in [2.05, 4.69) is 5.32 Å². The number of alkyl carbamates (subject to hydrolysis) is 1.